The molecule has 0 aliphatic heterocycles. The minimum atomic E-state index is -0.513. The average Bonchev–Trinajstić information content (AvgIpc) is 2.70. The molecule has 150 valence electrons. The summed E-state index contributed by atoms with van der Waals surface area (Å²) in [5, 5.41) is 6.54. The normalized spacial score (nSPS) is 20.1. The van der Waals surface area contributed by atoms with Gasteiger partial charge in [-0.1, -0.05) is 18.2 Å². The van der Waals surface area contributed by atoms with Crippen LogP contribution in [-0.2, 0) is 4.79 Å². The fraction of sp³-hybridized carbons (Fsp3) is 0.476. The largest absolute Gasteiger partial charge is 0.481 e. The van der Waals surface area contributed by atoms with Crippen molar-refractivity contribution in [3.8, 4) is 5.75 Å². The minimum absolute atomic E-state index is 0.0673. The van der Waals surface area contributed by atoms with E-state index in [0.717, 1.165) is 31.5 Å². The standard InChI is InChI=1S/C21H29N5O2/c1-15(28-18-7-5-4-6-8-18)20(27)23-16-9-11-17(12-10-16)24-21-22-14-13-19(25-21)26(2)3/h4-8,13-17H,9-12H2,1-3H3,(H,23,27)(H,22,24,25)/t15?,16-,17+. The Bertz CT molecular complexity index is 760. The van der Waals surface area contributed by atoms with Crippen molar-refractivity contribution in [2.24, 2.45) is 0 Å². The predicted octanol–water partition coefficient (Wildman–Crippen LogP) is 2.85. The first kappa shape index (κ1) is 19.9. The van der Waals surface area contributed by atoms with Crippen molar-refractivity contribution in [3.05, 3.63) is 42.6 Å². The molecule has 2 N–H and O–H groups in total. The van der Waals surface area contributed by atoms with Gasteiger partial charge in [0.05, 0.1) is 0 Å². The first-order chi connectivity index (χ1) is 13.5. The van der Waals surface area contributed by atoms with Gasteiger partial charge in [0, 0.05) is 32.4 Å². The van der Waals surface area contributed by atoms with E-state index in [-0.39, 0.29) is 11.9 Å². The van der Waals surface area contributed by atoms with Crippen LogP contribution in [0.15, 0.2) is 42.6 Å². The zero-order valence-electron chi connectivity index (χ0n) is 16.8. The summed E-state index contributed by atoms with van der Waals surface area (Å²) in [7, 11) is 3.92. The van der Waals surface area contributed by atoms with Gasteiger partial charge >= 0.3 is 0 Å². The first-order valence-corrected chi connectivity index (χ1v) is 9.80. The van der Waals surface area contributed by atoms with E-state index < -0.39 is 6.10 Å². The maximum Gasteiger partial charge on any atom is 0.260 e. The van der Waals surface area contributed by atoms with E-state index in [1.165, 1.54) is 0 Å². The van der Waals surface area contributed by atoms with Crippen molar-refractivity contribution in [1.29, 1.82) is 0 Å². The van der Waals surface area contributed by atoms with Gasteiger partial charge in [-0.25, -0.2) is 4.98 Å². The SMILES string of the molecule is CC(Oc1ccccc1)C(=O)N[C@H]1CC[C@@H](Nc2nccc(N(C)C)n2)CC1. The molecule has 1 unspecified atom stereocenters. The van der Waals surface area contributed by atoms with Crippen LogP contribution in [-0.4, -0.2) is 48.2 Å². The molecule has 28 heavy (non-hydrogen) atoms. The number of amides is 1. The smallest absolute Gasteiger partial charge is 0.260 e. The summed E-state index contributed by atoms with van der Waals surface area (Å²) in [6.07, 6.45) is 5.04. The molecule has 1 aliphatic rings. The number of para-hydroxylation sites is 1. The van der Waals surface area contributed by atoms with Gasteiger partial charge < -0.3 is 20.3 Å². The molecule has 0 bridgehead atoms. The Morgan fingerprint density at radius 2 is 1.79 bits per heavy atom. The second-order valence-corrected chi connectivity index (χ2v) is 7.41. The van der Waals surface area contributed by atoms with Crippen molar-refractivity contribution >= 4 is 17.7 Å². The van der Waals surface area contributed by atoms with Crippen LogP contribution < -0.4 is 20.3 Å². The molecule has 1 atom stereocenters. The summed E-state index contributed by atoms with van der Waals surface area (Å²) in [6, 6.07) is 11.8. The summed E-state index contributed by atoms with van der Waals surface area (Å²) < 4.78 is 5.70. The highest BCUT2D eigenvalue weighted by Crippen LogP contribution is 2.22. The summed E-state index contributed by atoms with van der Waals surface area (Å²) in [4.78, 5) is 23.2. The first-order valence-electron chi connectivity index (χ1n) is 9.80. The second kappa shape index (κ2) is 9.39. The third-order valence-electron chi connectivity index (χ3n) is 4.93. The highest BCUT2D eigenvalue weighted by atomic mass is 16.5. The Hall–Kier alpha value is -2.83. The molecule has 0 radical (unpaired) electrons. The van der Waals surface area contributed by atoms with Crippen LogP contribution in [0.3, 0.4) is 0 Å². The van der Waals surface area contributed by atoms with Crippen molar-refractivity contribution in [2.75, 3.05) is 24.3 Å². The van der Waals surface area contributed by atoms with Crippen molar-refractivity contribution in [2.45, 2.75) is 50.8 Å². The zero-order valence-corrected chi connectivity index (χ0v) is 16.8. The molecule has 0 saturated heterocycles. The van der Waals surface area contributed by atoms with E-state index in [1.54, 1.807) is 13.1 Å². The molecule has 1 amide bonds. The Morgan fingerprint density at radius 3 is 2.46 bits per heavy atom. The Labute approximate surface area is 166 Å². The number of carbonyl (C=O) groups excluding carboxylic acids is 1. The molecule has 1 aromatic carbocycles. The molecule has 1 fully saturated rings. The number of ether oxygens (including phenoxy) is 1. The fourth-order valence-corrected chi connectivity index (χ4v) is 3.31. The number of carbonyl (C=O) groups is 1. The lowest BCUT2D eigenvalue weighted by Crippen LogP contribution is -2.45. The van der Waals surface area contributed by atoms with Gasteiger partial charge in [-0.3, -0.25) is 4.79 Å². The molecular formula is C21H29N5O2. The molecule has 3 rings (SSSR count). The Morgan fingerprint density at radius 1 is 1.11 bits per heavy atom. The molecule has 1 aromatic heterocycles. The van der Waals surface area contributed by atoms with E-state index in [9.17, 15) is 4.79 Å². The van der Waals surface area contributed by atoms with E-state index >= 15 is 0 Å². The molecular weight excluding hydrogens is 354 g/mol. The number of aromatic nitrogens is 2. The van der Waals surface area contributed by atoms with Crippen LogP contribution in [0, 0.1) is 0 Å². The van der Waals surface area contributed by atoms with E-state index in [4.69, 9.17) is 4.74 Å². The highest BCUT2D eigenvalue weighted by molar-refractivity contribution is 5.81. The molecule has 1 aliphatic carbocycles. The molecule has 0 spiro atoms. The van der Waals surface area contributed by atoms with Crippen LogP contribution in [0.25, 0.3) is 0 Å². The molecule has 7 nitrogen and oxygen atoms in total. The summed E-state index contributed by atoms with van der Waals surface area (Å²) >= 11 is 0. The van der Waals surface area contributed by atoms with E-state index in [2.05, 4.69) is 20.6 Å². The zero-order chi connectivity index (χ0) is 19.9. The maximum atomic E-state index is 12.4. The topological polar surface area (TPSA) is 79.4 Å². The monoisotopic (exact) mass is 383 g/mol. The van der Waals surface area contributed by atoms with Gasteiger partial charge in [-0.15, -0.1) is 0 Å². The van der Waals surface area contributed by atoms with Gasteiger partial charge in [-0.05, 0) is 50.8 Å². The van der Waals surface area contributed by atoms with Gasteiger partial charge in [0.1, 0.15) is 11.6 Å². The number of rotatable bonds is 7. The predicted molar refractivity (Wildman–Crippen MR) is 111 cm³/mol. The summed E-state index contributed by atoms with van der Waals surface area (Å²) in [5.41, 5.74) is 0. The van der Waals surface area contributed by atoms with Gasteiger partial charge in [-0.2, -0.15) is 4.98 Å². The van der Waals surface area contributed by atoms with Crippen LogP contribution in [0.2, 0.25) is 0 Å². The van der Waals surface area contributed by atoms with Crippen molar-refractivity contribution in [3.63, 3.8) is 0 Å². The Kier molecular flexibility index (Phi) is 6.68. The molecule has 2 aromatic rings. The highest BCUT2D eigenvalue weighted by Gasteiger charge is 2.25. The van der Waals surface area contributed by atoms with Gasteiger partial charge in [0.25, 0.3) is 5.91 Å². The van der Waals surface area contributed by atoms with Crippen molar-refractivity contribution < 1.29 is 9.53 Å². The van der Waals surface area contributed by atoms with Crippen LogP contribution in [0.5, 0.6) is 5.75 Å². The lowest BCUT2D eigenvalue weighted by Gasteiger charge is -2.30. The molecule has 7 heteroatoms. The molecule has 1 saturated carbocycles. The maximum absolute atomic E-state index is 12.4. The lowest BCUT2D eigenvalue weighted by atomic mass is 9.91. The fourth-order valence-electron chi connectivity index (χ4n) is 3.31. The van der Waals surface area contributed by atoms with Gasteiger partial charge in [0.2, 0.25) is 5.95 Å². The number of nitrogens with zero attached hydrogens (tertiary/aromatic N) is 3. The number of hydrogen-bond donors (Lipinski definition) is 2. The minimum Gasteiger partial charge on any atom is -0.481 e. The van der Waals surface area contributed by atoms with Crippen molar-refractivity contribution in [1.82, 2.24) is 15.3 Å². The number of hydrogen-bond acceptors (Lipinski definition) is 6. The van der Waals surface area contributed by atoms with Crippen LogP contribution >= 0.6 is 0 Å². The third-order valence-corrected chi connectivity index (χ3v) is 4.93. The second-order valence-electron chi connectivity index (χ2n) is 7.41. The van der Waals surface area contributed by atoms with Gasteiger partial charge in [0.15, 0.2) is 6.10 Å². The summed E-state index contributed by atoms with van der Waals surface area (Å²) in [5.74, 6) is 2.18. The average molecular weight is 383 g/mol. The lowest BCUT2D eigenvalue weighted by molar-refractivity contribution is -0.128. The van der Waals surface area contributed by atoms with Crippen LogP contribution in [0.1, 0.15) is 32.6 Å². The molecule has 1 heterocycles. The van der Waals surface area contributed by atoms with Crippen LogP contribution in [0.4, 0.5) is 11.8 Å². The Balaban J connectivity index is 1.43. The number of anilines is 2. The number of benzene rings is 1. The quantitative estimate of drug-likeness (QED) is 0.765. The van der Waals surface area contributed by atoms with E-state index in [0.29, 0.717) is 17.7 Å². The number of nitrogens with one attached hydrogen (secondary N) is 2. The summed E-state index contributed by atoms with van der Waals surface area (Å²) in [6.45, 7) is 1.78. The third kappa shape index (κ3) is 5.58. The van der Waals surface area contributed by atoms with E-state index in [1.807, 2.05) is 55.4 Å².